The summed E-state index contributed by atoms with van der Waals surface area (Å²) in [5, 5.41) is 0. The molecule has 0 saturated heterocycles. The van der Waals surface area contributed by atoms with Crippen LogP contribution in [0.4, 0.5) is 0 Å². The Morgan fingerprint density at radius 1 is 0.800 bits per heavy atom. The molecule has 0 heterocycles. The van der Waals surface area contributed by atoms with Crippen molar-refractivity contribution in [3.05, 3.63) is 71.8 Å². The van der Waals surface area contributed by atoms with E-state index in [-0.39, 0.29) is 40.0 Å². The fourth-order valence-electron chi connectivity index (χ4n) is 1.37. The second kappa shape index (κ2) is 7.91. The first kappa shape index (κ1) is 14.7. The molecule has 0 saturated carbocycles. The van der Waals surface area contributed by atoms with E-state index in [2.05, 4.69) is 42.5 Å². The summed E-state index contributed by atoms with van der Waals surface area (Å²) in [6.45, 7) is 0. The van der Waals surface area contributed by atoms with E-state index >= 15 is 0 Å². The first-order valence-electron chi connectivity index (χ1n) is 4.44. The quantitative estimate of drug-likeness (QED) is 0.520. The Kier molecular flexibility index (Phi) is 7.75. The van der Waals surface area contributed by atoms with E-state index in [1.807, 2.05) is 18.2 Å². The first-order valence-corrected chi connectivity index (χ1v) is 4.44. The monoisotopic (exact) mass is 270 g/mol. The van der Waals surface area contributed by atoms with Crippen LogP contribution < -0.4 is 17.0 Å². The van der Waals surface area contributed by atoms with Crippen LogP contribution in [0.1, 0.15) is 11.1 Å². The Bertz CT molecular complexity index is 321. The van der Waals surface area contributed by atoms with Gasteiger partial charge in [0.05, 0.1) is 0 Å². The zero-order valence-corrected chi connectivity index (χ0v) is 11.5. The van der Waals surface area contributed by atoms with E-state index in [1.54, 1.807) is 0 Å². The van der Waals surface area contributed by atoms with Crippen molar-refractivity contribution < 1.29 is 17.0 Å². The molecule has 0 bridgehead atoms. The molecule has 72 valence electrons. The summed E-state index contributed by atoms with van der Waals surface area (Å²) < 4.78 is 0. The third-order valence-corrected chi connectivity index (χ3v) is 2.04. The molecule has 0 aliphatic carbocycles. The molecular weight excluding hydrogens is 260 g/mol. The second-order valence-corrected chi connectivity index (χ2v) is 3.07. The van der Waals surface area contributed by atoms with E-state index in [1.165, 1.54) is 11.1 Å². The van der Waals surface area contributed by atoms with Crippen LogP contribution in [0, 0.1) is 6.07 Å². The Hall–Kier alpha value is -0.314. The van der Waals surface area contributed by atoms with Crippen LogP contribution in [0.5, 0.6) is 0 Å². The number of halogens is 1. The maximum Gasteiger partial charge on any atom is 2.00 e. The molecule has 0 N–H and O–H groups in total. The van der Waals surface area contributed by atoms with Crippen LogP contribution in [0.3, 0.4) is 0 Å². The Morgan fingerprint density at radius 2 is 1.33 bits per heavy atom. The second-order valence-electron chi connectivity index (χ2n) is 3.07. The Labute approximate surface area is 118 Å². The minimum Gasteiger partial charge on any atom is -1.00 e. The normalized spacial score (nSPS) is 8.53. The molecule has 0 radical (unpaired) electrons. The molecule has 0 atom stereocenters. The largest absolute Gasteiger partial charge is 2.00 e. The van der Waals surface area contributed by atoms with Gasteiger partial charge in [0.1, 0.15) is 0 Å². The molecule has 0 spiro atoms. The molecule has 2 aromatic rings. The molecule has 2 rings (SSSR count). The summed E-state index contributed by atoms with van der Waals surface area (Å²) in [7, 11) is 0. The summed E-state index contributed by atoms with van der Waals surface area (Å²) in [6, 6.07) is 21.6. The molecule has 15 heavy (non-hydrogen) atoms. The van der Waals surface area contributed by atoms with Crippen molar-refractivity contribution in [3.8, 4) is 0 Å². The molecule has 0 aliphatic rings. The van der Waals surface area contributed by atoms with Crippen LogP contribution >= 0.6 is 0 Å². The minimum atomic E-state index is 0. The zero-order valence-electron chi connectivity index (χ0n) is 8.49. The van der Waals surface area contributed by atoms with Gasteiger partial charge in [-0.15, -0.1) is 0 Å². The van der Waals surface area contributed by atoms with Gasteiger partial charge in [0.15, 0.2) is 0 Å². The summed E-state index contributed by atoms with van der Waals surface area (Å²) >= 11 is 0. The molecule has 0 unspecified atom stereocenters. The van der Waals surface area contributed by atoms with Gasteiger partial charge >= 0.3 is 23.1 Å². The minimum absolute atomic E-state index is 0. The van der Waals surface area contributed by atoms with Gasteiger partial charge in [-0.1, -0.05) is 30.3 Å². The fourth-order valence-corrected chi connectivity index (χ4v) is 1.37. The van der Waals surface area contributed by atoms with Crippen LogP contribution in [0.25, 0.3) is 0 Å². The maximum atomic E-state index is 3.02. The van der Waals surface area contributed by atoms with Crippen molar-refractivity contribution in [1.82, 2.24) is 0 Å². The van der Waals surface area contributed by atoms with Crippen LogP contribution in [-0.2, 0) is 6.42 Å². The van der Waals surface area contributed by atoms with Gasteiger partial charge in [-0.25, -0.2) is 0 Å². The molecule has 0 amide bonds. The third kappa shape index (κ3) is 4.82. The third-order valence-electron chi connectivity index (χ3n) is 2.04. The number of rotatable bonds is 2. The predicted molar refractivity (Wildman–Crippen MR) is 60.3 cm³/mol. The van der Waals surface area contributed by atoms with Gasteiger partial charge in [-0.2, -0.15) is 35.9 Å². The average molecular weight is 271 g/mol. The average Bonchev–Trinajstić information content (AvgIpc) is 2.21. The maximum absolute atomic E-state index is 3.02. The van der Waals surface area contributed by atoms with Gasteiger partial charge < -0.3 is 17.0 Å². The van der Waals surface area contributed by atoms with Crippen molar-refractivity contribution in [3.63, 3.8) is 0 Å². The smallest absolute Gasteiger partial charge is 1.00 e. The molecule has 0 aromatic heterocycles. The fraction of sp³-hybridized carbons (Fsp3) is 0.0769. The van der Waals surface area contributed by atoms with E-state index < -0.39 is 0 Å². The van der Waals surface area contributed by atoms with E-state index in [4.69, 9.17) is 0 Å². The van der Waals surface area contributed by atoms with Crippen molar-refractivity contribution in [2.75, 3.05) is 0 Å². The van der Waals surface area contributed by atoms with Gasteiger partial charge in [0.25, 0.3) is 0 Å². The van der Waals surface area contributed by atoms with E-state index in [0.29, 0.717) is 0 Å². The topological polar surface area (TPSA) is 0 Å². The first-order chi connectivity index (χ1) is 6.45. The van der Waals surface area contributed by atoms with Crippen LogP contribution in [0.15, 0.2) is 54.6 Å². The zero-order chi connectivity index (χ0) is 8.93. The Morgan fingerprint density at radius 3 is 1.93 bits per heavy atom. The SMILES string of the molecule is [Br-].[Mg+2].[c-]1ccc(Cc2ccccc2)cc1. The molecule has 0 nitrogen and oxygen atoms in total. The van der Waals surface area contributed by atoms with Gasteiger partial charge in [-0.05, 0) is 12.0 Å². The van der Waals surface area contributed by atoms with Crippen LogP contribution in [-0.4, -0.2) is 23.1 Å². The summed E-state index contributed by atoms with van der Waals surface area (Å²) in [5.41, 5.74) is 2.69. The molecule has 2 heteroatoms. The Balaban J connectivity index is 0.000000980. The van der Waals surface area contributed by atoms with Gasteiger partial charge in [0.2, 0.25) is 0 Å². The van der Waals surface area contributed by atoms with Crippen molar-refractivity contribution in [1.29, 1.82) is 0 Å². The van der Waals surface area contributed by atoms with Crippen LogP contribution in [0.2, 0.25) is 0 Å². The van der Waals surface area contributed by atoms with Crippen molar-refractivity contribution >= 4 is 23.1 Å². The molecular formula is C13H11BrMg. The van der Waals surface area contributed by atoms with Gasteiger partial charge in [-0.3, -0.25) is 0 Å². The van der Waals surface area contributed by atoms with Crippen molar-refractivity contribution in [2.45, 2.75) is 6.42 Å². The molecule has 0 aliphatic heterocycles. The number of hydrogen-bond acceptors (Lipinski definition) is 0. The summed E-state index contributed by atoms with van der Waals surface area (Å²) in [4.78, 5) is 0. The predicted octanol–water partition coefficient (Wildman–Crippen LogP) is -0.299. The van der Waals surface area contributed by atoms with E-state index in [0.717, 1.165) is 6.42 Å². The van der Waals surface area contributed by atoms with Crippen molar-refractivity contribution in [2.24, 2.45) is 0 Å². The summed E-state index contributed by atoms with van der Waals surface area (Å²) in [6.07, 6.45) is 1.01. The number of hydrogen-bond donors (Lipinski definition) is 0. The van der Waals surface area contributed by atoms with E-state index in [9.17, 15) is 0 Å². The summed E-state index contributed by atoms with van der Waals surface area (Å²) in [5.74, 6) is 0. The number of benzene rings is 2. The molecule has 2 aromatic carbocycles. The standard InChI is InChI=1S/C13H11.BrH.Mg/c1-3-7-12(8-4-1)11-13-9-5-2-6-10-13;;/h1,3-10H,11H2;1H;/q-1;;+2/p-1. The molecule has 0 fully saturated rings. The van der Waals surface area contributed by atoms with Gasteiger partial charge in [0, 0.05) is 0 Å².